The first-order chi connectivity index (χ1) is 5.24. The third-order valence-corrected chi connectivity index (χ3v) is 2.32. The average molecular weight is 158 g/mol. The van der Waals surface area contributed by atoms with E-state index in [1.807, 2.05) is 12.1 Å². The van der Waals surface area contributed by atoms with Crippen LogP contribution in [0.25, 0.3) is 0 Å². The molecule has 1 unspecified atom stereocenters. The van der Waals surface area contributed by atoms with Crippen molar-refractivity contribution in [2.75, 3.05) is 20.7 Å². The van der Waals surface area contributed by atoms with Gasteiger partial charge in [-0.3, -0.25) is 0 Å². The summed E-state index contributed by atoms with van der Waals surface area (Å²) in [6, 6.07) is 0.396. The molecule has 0 aliphatic heterocycles. The Labute approximate surface area is 68.5 Å². The van der Waals surface area contributed by atoms with Crippen LogP contribution in [-0.2, 0) is 4.84 Å². The summed E-state index contributed by atoms with van der Waals surface area (Å²) in [5, 5.41) is 1.82. The van der Waals surface area contributed by atoms with E-state index in [2.05, 4.69) is 0 Å². The van der Waals surface area contributed by atoms with Crippen LogP contribution in [0.2, 0.25) is 0 Å². The van der Waals surface area contributed by atoms with Crippen molar-refractivity contribution in [3.63, 3.8) is 0 Å². The van der Waals surface area contributed by atoms with Gasteiger partial charge in [0.15, 0.2) is 0 Å². The molecule has 0 radical (unpaired) electrons. The summed E-state index contributed by atoms with van der Waals surface area (Å²) in [4.78, 5) is 4.98. The Kier molecular flexibility index (Phi) is 3.30. The van der Waals surface area contributed by atoms with Crippen LogP contribution >= 0.6 is 0 Å². The van der Waals surface area contributed by atoms with Crippen molar-refractivity contribution in [1.82, 2.24) is 5.06 Å². The van der Waals surface area contributed by atoms with Crippen LogP contribution in [0.3, 0.4) is 0 Å². The van der Waals surface area contributed by atoms with Gasteiger partial charge in [0.2, 0.25) is 0 Å². The molecule has 1 fully saturated rings. The van der Waals surface area contributed by atoms with Gasteiger partial charge in [-0.05, 0) is 25.2 Å². The van der Waals surface area contributed by atoms with Crippen molar-refractivity contribution < 1.29 is 4.84 Å². The number of rotatable bonds is 5. The molecular weight excluding hydrogens is 140 g/mol. The minimum Gasteiger partial charge on any atom is -0.327 e. The Morgan fingerprint density at radius 3 is 2.73 bits per heavy atom. The molecule has 0 aromatic carbocycles. The Bertz CT molecular complexity index is 115. The van der Waals surface area contributed by atoms with E-state index < -0.39 is 0 Å². The van der Waals surface area contributed by atoms with Gasteiger partial charge in [0, 0.05) is 19.6 Å². The summed E-state index contributed by atoms with van der Waals surface area (Å²) in [5.41, 5.74) is 5.90. The second-order valence-corrected chi connectivity index (χ2v) is 3.32. The SMILES string of the molecule is CON(C)CCC(N)C1CC1. The third-order valence-electron chi connectivity index (χ3n) is 2.32. The van der Waals surface area contributed by atoms with Crippen LogP contribution in [0.4, 0.5) is 0 Å². The van der Waals surface area contributed by atoms with Gasteiger partial charge >= 0.3 is 0 Å². The molecule has 0 heterocycles. The van der Waals surface area contributed by atoms with E-state index in [9.17, 15) is 0 Å². The molecule has 3 heteroatoms. The molecule has 2 N–H and O–H groups in total. The Hall–Kier alpha value is -0.120. The van der Waals surface area contributed by atoms with Crippen molar-refractivity contribution in [2.45, 2.75) is 25.3 Å². The highest BCUT2D eigenvalue weighted by atomic mass is 16.7. The van der Waals surface area contributed by atoms with Crippen LogP contribution < -0.4 is 5.73 Å². The standard InChI is InChI=1S/C8H18N2O/c1-10(11-2)6-5-8(9)7-3-4-7/h7-8H,3-6,9H2,1-2H3. The van der Waals surface area contributed by atoms with Crippen LogP contribution in [0, 0.1) is 5.92 Å². The summed E-state index contributed by atoms with van der Waals surface area (Å²) in [6.07, 6.45) is 3.71. The van der Waals surface area contributed by atoms with E-state index in [0.29, 0.717) is 6.04 Å². The van der Waals surface area contributed by atoms with Crippen molar-refractivity contribution in [3.05, 3.63) is 0 Å². The molecule has 3 nitrogen and oxygen atoms in total. The number of nitrogens with two attached hydrogens (primary N) is 1. The maximum atomic E-state index is 5.90. The van der Waals surface area contributed by atoms with E-state index in [4.69, 9.17) is 10.6 Å². The van der Waals surface area contributed by atoms with E-state index in [0.717, 1.165) is 18.9 Å². The fraction of sp³-hybridized carbons (Fsp3) is 1.00. The van der Waals surface area contributed by atoms with Gasteiger partial charge < -0.3 is 10.6 Å². The molecule has 1 atom stereocenters. The van der Waals surface area contributed by atoms with Gasteiger partial charge in [-0.15, -0.1) is 0 Å². The second kappa shape index (κ2) is 4.04. The minimum atomic E-state index is 0.396. The first kappa shape index (κ1) is 8.97. The van der Waals surface area contributed by atoms with Gasteiger partial charge in [-0.1, -0.05) is 0 Å². The molecule has 0 bridgehead atoms. The molecule has 11 heavy (non-hydrogen) atoms. The van der Waals surface area contributed by atoms with Crippen molar-refractivity contribution in [1.29, 1.82) is 0 Å². The highest BCUT2D eigenvalue weighted by molar-refractivity contribution is 4.83. The highest BCUT2D eigenvalue weighted by Gasteiger charge is 2.27. The highest BCUT2D eigenvalue weighted by Crippen LogP contribution is 2.32. The molecule has 1 aliphatic rings. The van der Waals surface area contributed by atoms with E-state index in [-0.39, 0.29) is 0 Å². The Balaban J connectivity index is 2.00. The predicted octanol–water partition coefficient (Wildman–Crippen LogP) is 0.607. The van der Waals surface area contributed by atoms with Crippen molar-refractivity contribution in [3.8, 4) is 0 Å². The third kappa shape index (κ3) is 3.18. The van der Waals surface area contributed by atoms with E-state index >= 15 is 0 Å². The molecular formula is C8H18N2O. The lowest BCUT2D eigenvalue weighted by molar-refractivity contribution is -0.110. The lowest BCUT2D eigenvalue weighted by Crippen LogP contribution is -2.29. The number of hydrogen-bond acceptors (Lipinski definition) is 3. The number of nitrogens with zero attached hydrogens (tertiary/aromatic N) is 1. The zero-order valence-corrected chi connectivity index (χ0v) is 7.42. The van der Waals surface area contributed by atoms with Crippen molar-refractivity contribution >= 4 is 0 Å². The maximum Gasteiger partial charge on any atom is 0.0575 e. The zero-order chi connectivity index (χ0) is 8.27. The summed E-state index contributed by atoms with van der Waals surface area (Å²) >= 11 is 0. The van der Waals surface area contributed by atoms with Crippen LogP contribution in [-0.4, -0.2) is 31.8 Å². The second-order valence-electron chi connectivity index (χ2n) is 3.32. The maximum absolute atomic E-state index is 5.90. The summed E-state index contributed by atoms with van der Waals surface area (Å²) in [6.45, 7) is 0.939. The summed E-state index contributed by atoms with van der Waals surface area (Å²) in [7, 11) is 3.61. The van der Waals surface area contributed by atoms with E-state index in [1.165, 1.54) is 12.8 Å². The fourth-order valence-electron chi connectivity index (χ4n) is 1.18. The van der Waals surface area contributed by atoms with Crippen LogP contribution in [0.1, 0.15) is 19.3 Å². The predicted molar refractivity (Wildman–Crippen MR) is 45.0 cm³/mol. The summed E-state index contributed by atoms with van der Waals surface area (Å²) < 4.78 is 0. The van der Waals surface area contributed by atoms with Crippen molar-refractivity contribution in [2.24, 2.45) is 11.7 Å². The Morgan fingerprint density at radius 2 is 2.27 bits per heavy atom. The monoisotopic (exact) mass is 158 g/mol. The summed E-state index contributed by atoms with van der Waals surface area (Å²) in [5.74, 6) is 0.806. The molecule has 1 saturated carbocycles. The normalized spacial score (nSPS) is 20.7. The molecule has 0 aromatic heterocycles. The van der Waals surface area contributed by atoms with Crippen LogP contribution in [0.5, 0.6) is 0 Å². The lowest BCUT2D eigenvalue weighted by Gasteiger charge is -2.16. The number of hydrogen-bond donors (Lipinski definition) is 1. The minimum absolute atomic E-state index is 0.396. The molecule has 66 valence electrons. The Morgan fingerprint density at radius 1 is 1.64 bits per heavy atom. The van der Waals surface area contributed by atoms with Gasteiger partial charge in [0.25, 0.3) is 0 Å². The first-order valence-electron chi connectivity index (χ1n) is 4.25. The molecule has 0 saturated heterocycles. The largest absolute Gasteiger partial charge is 0.327 e. The zero-order valence-electron chi connectivity index (χ0n) is 7.42. The first-order valence-corrected chi connectivity index (χ1v) is 4.25. The quantitative estimate of drug-likeness (QED) is 0.596. The molecule has 0 spiro atoms. The lowest BCUT2D eigenvalue weighted by atomic mass is 10.1. The number of hydroxylamine groups is 2. The van der Waals surface area contributed by atoms with Gasteiger partial charge in [0.1, 0.15) is 0 Å². The van der Waals surface area contributed by atoms with E-state index in [1.54, 1.807) is 7.11 Å². The molecule has 0 amide bonds. The van der Waals surface area contributed by atoms with Gasteiger partial charge in [-0.25, -0.2) is 0 Å². The average Bonchev–Trinajstić information content (AvgIpc) is 2.81. The van der Waals surface area contributed by atoms with Gasteiger partial charge in [-0.2, -0.15) is 5.06 Å². The smallest absolute Gasteiger partial charge is 0.0575 e. The van der Waals surface area contributed by atoms with Crippen LogP contribution in [0.15, 0.2) is 0 Å². The topological polar surface area (TPSA) is 38.5 Å². The molecule has 1 aliphatic carbocycles. The van der Waals surface area contributed by atoms with Gasteiger partial charge in [0.05, 0.1) is 7.11 Å². The fourth-order valence-corrected chi connectivity index (χ4v) is 1.18. The molecule has 1 rings (SSSR count). The molecule has 0 aromatic rings.